The maximum Gasteiger partial charge on any atom is 0.185 e. The van der Waals surface area contributed by atoms with Crippen molar-refractivity contribution in [2.45, 2.75) is 25.9 Å². The van der Waals surface area contributed by atoms with Crippen LogP contribution >= 0.6 is 11.3 Å². The maximum absolute atomic E-state index is 9.58. The van der Waals surface area contributed by atoms with Crippen LogP contribution in [0.5, 0.6) is 0 Å². The first-order chi connectivity index (χ1) is 9.24. The number of thiazole rings is 1. The number of rotatable bonds is 2. The number of aromatic nitrogens is 1. The molecule has 0 saturated carbocycles. The minimum atomic E-state index is -0.421. The van der Waals surface area contributed by atoms with Gasteiger partial charge in [-0.15, -0.1) is 0 Å². The second-order valence-corrected chi connectivity index (χ2v) is 6.02. The molecule has 1 aromatic carbocycles. The van der Waals surface area contributed by atoms with Crippen LogP contribution in [0.2, 0.25) is 0 Å². The van der Waals surface area contributed by atoms with Gasteiger partial charge in [0.25, 0.3) is 0 Å². The van der Waals surface area contributed by atoms with Crippen LogP contribution in [-0.2, 0) is 12.8 Å². The number of aliphatic hydroxyl groups is 1. The third-order valence-electron chi connectivity index (χ3n) is 3.61. The first kappa shape index (κ1) is 12.6. The van der Waals surface area contributed by atoms with E-state index in [-0.39, 0.29) is 0 Å². The molecule has 4 heteroatoms. The molecule has 0 spiro atoms. The Bertz CT molecular complexity index is 538. The Morgan fingerprint density at radius 2 is 1.84 bits per heavy atom. The quantitative estimate of drug-likeness (QED) is 0.915. The van der Waals surface area contributed by atoms with Crippen LogP contribution in [0.15, 0.2) is 30.5 Å². The average molecular weight is 274 g/mol. The maximum atomic E-state index is 9.58. The third kappa shape index (κ3) is 2.65. The zero-order valence-corrected chi connectivity index (χ0v) is 11.9. The van der Waals surface area contributed by atoms with Gasteiger partial charge in [-0.05, 0) is 30.9 Å². The molecule has 3 rings (SSSR count). The largest absolute Gasteiger partial charge is 0.388 e. The SMILES string of the molecule is CC(O)c1cnc(N2CCc3ccccc3CC2)s1. The van der Waals surface area contributed by atoms with Crippen LogP contribution in [-0.4, -0.2) is 23.2 Å². The molecule has 3 nitrogen and oxygen atoms in total. The van der Waals surface area contributed by atoms with E-state index in [0.29, 0.717) is 0 Å². The van der Waals surface area contributed by atoms with Crippen LogP contribution in [0.4, 0.5) is 5.13 Å². The lowest BCUT2D eigenvalue weighted by molar-refractivity contribution is 0.203. The van der Waals surface area contributed by atoms with Crippen LogP contribution < -0.4 is 4.90 Å². The fourth-order valence-corrected chi connectivity index (χ4v) is 3.38. The summed E-state index contributed by atoms with van der Waals surface area (Å²) in [5, 5.41) is 10.6. The molecule has 100 valence electrons. The number of fused-ring (bicyclic) bond motifs is 1. The van der Waals surface area contributed by atoms with Crippen molar-refractivity contribution in [3.8, 4) is 0 Å². The molecule has 1 unspecified atom stereocenters. The van der Waals surface area contributed by atoms with Crippen molar-refractivity contribution in [2.24, 2.45) is 0 Å². The summed E-state index contributed by atoms with van der Waals surface area (Å²) in [6, 6.07) is 8.68. The highest BCUT2D eigenvalue weighted by molar-refractivity contribution is 7.15. The van der Waals surface area contributed by atoms with Gasteiger partial charge < -0.3 is 10.0 Å². The number of benzene rings is 1. The molecule has 1 aromatic heterocycles. The zero-order chi connectivity index (χ0) is 13.2. The number of nitrogens with zero attached hydrogens (tertiary/aromatic N) is 2. The van der Waals surface area contributed by atoms with Crippen molar-refractivity contribution < 1.29 is 5.11 Å². The summed E-state index contributed by atoms with van der Waals surface area (Å²) in [7, 11) is 0. The third-order valence-corrected chi connectivity index (χ3v) is 4.84. The van der Waals surface area contributed by atoms with E-state index in [4.69, 9.17) is 0 Å². The predicted octanol–water partition coefficient (Wildman–Crippen LogP) is 2.80. The van der Waals surface area contributed by atoms with Crippen LogP contribution in [0.1, 0.15) is 29.0 Å². The van der Waals surface area contributed by atoms with Gasteiger partial charge in [0, 0.05) is 19.3 Å². The van der Waals surface area contributed by atoms with Crippen molar-refractivity contribution in [1.82, 2.24) is 4.98 Å². The Labute approximate surface area is 117 Å². The van der Waals surface area contributed by atoms with Gasteiger partial charge in [-0.3, -0.25) is 0 Å². The van der Waals surface area contributed by atoms with Crippen LogP contribution in [0.3, 0.4) is 0 Å². The van der Waals surface area contributed by atoms with E-state index in [0.717, 1.165) is 35.9 Å². The van der Waals surface area contributed by atoms with Gasteiger partial charge in [0.1, 0.15) is 0 Å². The molecule has 0 radical (unpaired) electrons. The number of hydrogen-bond acceptors (Lipinski definition) is 4. The molecule has 1 atom stereocenters. The van der Waals surface area contributed by atoms with E-state index in [1.165, 1.54) is 11.1 Å². The van der Waals surface area contributed by atoms with Gasteiger partial charge in [0.15, 0.2) is 5.13 Å². The van der Waals surface area contributed by atoms with E-state index in [1.54, 1.807) is 24.5 Å². The molecule has 1 N–H and O–H groups in total. The first-order valence-electron chi connectivity index (χ1n) is 6.69. The van der Waals surface area contributed by atoms with Crippen LogP contribution in [0.25, 0.3) is 0 Å². The number of anilines is 1. The highest BCUT2D eigenvalue weighted by Gasteiger charge is 2.17. The summed E-state index contributed by atoms with van der Waals surface area (Å²) in [4.78, 5) is 7.72. The van der Waals surface area contributed by atoms with E-state index in [2.05, 4.69) is 34.1 Å². The average Bonchev–Trinajstić information content (AvgIpc) is 2.80. The second-order valence-electron chi connectivity index (χ2n) is 4.98. The normalized spacial score (nSPS) is 16.8. The molecule has 0 bridgehead atoms. The van der Waals surface area contributed by atoms with E-state index < -0.39 is 6.10 Å². The fourth-order valence-electron chi connectivity index (χ4n) is 2.48. The topological polar surface area (TPSA) is 36.4 Å². The summed E-state index contributed by atoms with van der Waals surface area (Å²) in [6.07, 6.45) is 3.51. The Morgan fingerprint density at radius 1 is 1.21 bits per heavy atom. The van der Waals surface area contributed by atoms with E-state index in [1.807, 2.05) is 0 Å². The summed E-state index contributed by atoms with van der Waals surface area (Å²) in [5.74, 6) is 0. The van der Waals surface area contributed by atoms with Gasteiger partial charge in [-0.25, -0.2) is 4.98 Å². The molecule has 1 aliphatic heterocycles. The second kappa shape index (κ2) is 5.31. The van der Waals surface area contributed by atoms with Crippen molar-refractivity contribution in [3.63, 3.8) is 0 Å². The number of aliphatic hydroxyl groups excluding tert-OH is 1. The molecule has 0 amide bonds. The summed E-state index contributed by atoms with van der Waals surface area (Å²) in [5.41, 5.74) is 2.91. The molecule has 0 aliphatic carbocycles. The first-order valence-corrected chi connectivity index (χ1v) is 7.51. The fraction of sp³-hybridized carbons (Fsp3) is 0.400. The van der Waals surface area contributed by atoms with Crippen molar-refractivity contribution >= 4 is 16.5 Å². The molecule has 0 saturated heterocycles. The Balaban J connectivity index is 1.77. The lowest BCUT2D eigenvalue weighted by Crippen LogP contribution is -2.25. The minimum Gasteiger partial charge on any atom is -0.388 e. The Hall–Kier alpha value is -1.39. The lowest BCUT2D eigenvalue weighted by Gasteiger charge is -2.18. The van der Waals surface area contributed by atoms with E-state index in [9.17, 15) is 5.11 Å². The van der Waals surface area contributed by atoms with Crippen LogP contribution in [0, 0.1) is 0 Å². The molecule has 19 heavy (non-hydrogen) atoms. The summed E-state index contributed by atoms with van der Waals surface area (Å²) >= 11 is 1.60. The van der Waals surface area contributed by atoms with Crippen molar-refractivity contribution in [3.05, 3.63) is 46.5 Å². The van der Waals surface area contributed by atoms with Gasteiger partial charge >= 0.3 is 0 Å². The predicted molar refractivity (Wildman–Crippen MR) is 78.8 cm³/mol. The van der Waals surface area contributed by atoms with Crippen molar-refractivity contribution in [2.75, 3.05) is 18.0 Å². The molecule has 2 aromatic rings. The highest BCUT2D eigenvalue weighted by Crippen LogP contribution is 2.28. The smallest absolute Gasteiger partial charge is 0.185 e. The zero-order valence-electron chi connectivity index (χ0n) is 11.0. The molecule has 1 aliphatic rings. The molecule has 2 heterocycles. The van der Waals surface area contributed by atoms with Gasteiger partial charge in [0.2, 0.25) is 0 Å². The highest BCUT2D eigenvalue weighted by atomic mass is 32.1. The Morgan fingerprint density at radius 3 is 2.37 bits per heavy atom. The minimum absolute atomic E-state index is 0.421. The molecule has 0 fully saturated rings. The summed E-state index contributed by atoms with van der Waals surface area (Å²) < 4.78 is 0. The standard InChI is InChI=1S/C15H18N2OS/c1-11(18)14-10-16-15(19-14)17-8-6-12-4-2-3-5-13(12)7-9-17/h2-5,10-11,18H,6-9H2,1H3. The van der Waals surface area contributed by atoms with Crippen molar-refractivity contribution in [1.29, 1.82) is 0 Å². The lowest BCUT2D eigenvalue weighted by atomic mass is 10.0. The van der Waals surface area contributed by atoms with Gasteiger partial charge in [-0.1, -0.05) is 35.6 Å². The Kier molecular flexibility index (Phi) is 3.53. The molecular weight excluding hydrogens is 256 g/mol. The van der Waals surface area contributed by atoms with Gasteiger partial charge in [0.05, 0.1) is 11.0 Å². The molecular formula is C15H18N2OS. The summed E-state index contributed by atoms with van der Waals surface area (Å²) in [6.45, 7) is 3.79. The van der Waals surface area contributed by atoms with E-state index >= 15 is 0 Å². The van der Waals surface area contributed by atoms with Gasteiger partial charge in [-0.2, -0.15) is 0 Å². The number of hydrogen-bond donors (Lipinski definition) is 1. The monoisotopic (exact) mass is 274 g/mol.